The number of nitrogens with zero attached hydrogens (tertiary/aromatic N) is 5. The molecule has 0 bridgehead atoms. The Balaban J connectivity index is 1.53. The number of pyridine rings is 1. The Morgan fingerprint density at radius 3 is 3.00 bits per heavy atom. The predicted molar refractivity (Wildman–Crippen MR) is 90.2 cm³/mol. The highest BCUT2D eigenvalue weighted by atomic mass is 19.1. The van der Waals surface area contributed by atoms with Crippen LogP contribution >= 0.6 is 0 Å². The van der Waals surface area contributed by atoms with Crippen molar-refractivity contribution < 1.29 is 8.91 Å². The highest BCUT2D eigenvalue weighted by Crippen LogP contribution is 2.36. The number of aryl methyl sites for hydroxylation is 1. The number of piperidine rings is 1. The second-order valence-electron chi connectivity index (χ2n) is 6.55. The van der Waals surface area contributed by atoms with Crippen molar-refractivity contribution in [2.45, 2.75) is 25.1 Å². The van der Waals surface area contributed by atoms with Crippen molar-refractivity contribution in [1.29, 1.82) is 0 Å². The zero-order valence-electron chi connectivity index (χ0n) is 14.1. The minimum absolute atomic E-state index is 0.0583. The van der Waals surface area contributed by atoms with Crippen LogP contribution in [-0.2, 0) is 19.3 Å². The Kier molecular flexibility index (Phi) is 4.09. The molecule has 7 heteroatoms. The van der Waals surface area contributed by atoms with E-state index in [4.69, 9.17) is 4.52 Å². The van der Waals surface area contributed by atoms with Gasteiger partial charge in [-0.2, -0.15) is 4.98 Å². The summed E-state index contributed by atoms with van der Waals surface area (Å²) < 4.78 is 22.9. The number of aromatic nitrogens is 4. The molecule has 1 unspecified atom stereocenters. The van der Waals surface area contributed by atoms with Crippen molar-refractivity contribution in [3.8, 4) is 11.4 Å². The van der Waals surface area contributed by atoms with Crippen LogP contribution in [0.5, 0.6) is 0 Å². The molecule has 1 atom stereocenters. The van der Waals surface area contributed by atoms with E-state index >= 15 is 4.39 Å². The fourth-order valence-corrected chi connectivity index (χ4v) is 3.31. The van der Waals surface area contributed by atoms with Gasteiger partial charge in [0.15, 0.2) is 0 Å². The molecule has 3 aromatic heterocycles. The molecule has 4 heterocycles. The van der Waals surface area contributed by atoms with Crippen LogP contribution in [0.2, 0.25) is 0 Å². The maximum Gasteiger partial charge on any atom is 0.265 e. The summed E-state index contributed by atoms with van der Waals surface area (Å²) in [6, 6.07) is 7.68. The van der Waals surface area contributed by atoms with Crippen molar-refractivity contribution in [3.63, 3.8) is 0 Å². The highest BCUT2D eigenvalue weighted by Gasteiger charge is 2.42. The summed E-state index contributed by atoms with van der Waals surface area (Å²) in [4.78, 5) is 10.4. The first-order valence-corrected chi connectivity index (χ1v) is 8.40. The third-order valence-electron chi connectivity index (χ3n) is 4.69. The molecule has 0 aromatic carbocycles. The molecule has 1 fully saturated rings. The third kappa shape index (κ3) is 3.19. The summed E-state index contributed by atoms with van der Waals surface area (Å²) in [6.45, 7) is 1.83. The Labute approximate surface area is 145 Å². The van der Waals surface area contributed by atoms with Crippen LogP contribution < -0.4 is 0 Å². The lowest BCUT2D eigenvalue weighted by Crippen LogP contribution is -2.43. The summed E-state index contributed by atoms with van der Waals surface area (Å²) in [6.07, 6.45) is 6.46. The van der Waals surface area contributed by atoms with Crippen molar-refractivity contribution >= 4 is 0 Å². The van der Waals surface area contributed by atoms with E-state index in [9.17, 15) is 0 Å². The van der Waals surface area contributed by atoms with Gasteiger partial charge < -0.3 is 9.09 Å². The standard InChI is InChI=1S/C18H20FN5O/c1-23-9-3-6-15(23)12-24-10-4-7-18(19,13-24)17-21-16(22-25-17)14-5-2-8-20-11-14/h2-3,5-6,8-9,11H,4,7,10,12-13H2,1H3. The van der Waals surface area contributed by atoms with Crippen molar-refractivity contribution in [2.24, 2.45) is 7.05 Å². The lowest BCUT2D eigenvalue weighted by molar-refractivity contribution is 0.0116. The maximum atomic E-state index is 15.6. The smallest absolute Gasteiger partial charge is 0.265 e. The van der Waals surface area contributed by atoms with Crippen LogP contribution in [-0.4, -0.2) is 37.7 Å². The zero-order valence-corrected chi connectivity index (χ0v) is 14.1. The molecular formula is C18H20FN5O. The topological polar surface area (TPSA) is 60.0 Å². The lowest BCUT2D eigenvalue weighted by atomic mass is 9.94. The molecule has 1 aliphatic heterocycles. The molecule has 1 aliphatic rings. The average Bonchev–Trinajstić information content (AvgIpc) is 3.26. The zero-order chi connectivity index (χ0) is 17.3. The van der Waals surface area contributed by atoms with Crippen molar-refractivity contribution in [1.82, 2.24) is 24.6 Å². The predicted octanol–water partition coefficient (Wildman–Crippen LogP) is 2.93. The number of rotatable bonds is 4. The Morgan fingerprint density at radius 2 is 2.24 bits per heavy atom. The van der Waals surface area contributed by atoms with E-state index in [0.717, 1.165) is 24.2 Å². The SMILES string of the molecule is Cn1cccc1CN1CCCC(F)(c2nc(-c3cccnc3)no2)C1. The van der Waals surface area contributed by atoms with Crippen LogP contribution in [0.4, 0.5) is 4.39 Å². The van der Waals surface area contributed by atoms with Crippen LogP contribution in [0.25, 0.3) is 11.4 Å². The Bertz CT molecular complexity index is 846. The molecule has 0 radical (unpaired) electrons. The summed E-state index contributed by atoms with van der Waals surface area (Å²) in [5, 5.41) is 3.93. The molecule has 0 amide bonds. The van der Waals surface area contributed by atoms with E-state index in [-0.39, 0.29) is 12.4 Å². The van der Waals surface area contributed by atoms with Gasteiger partial charge >= 0.3 is 0 Å². The van der Waals surface area contributed by atoms with Gasteiger partial charge in [0.2, 0.25) is 11.5 Å². The molecule has 4 rings (SSSR count). The van der Waals surface area contributed by atoms with E-state index < -0.39 is 5.67 Å². The molecule has 0 saturated carbocycles. The second-order valence-corrected chi connectivity index (χ2v) is 6.55. The first-order chi connectivity index (χ1) is 12.1. The fourth-order valence-electron chi connectivity index (χ4n) is 3.31. The number of alkyl halides is 1. The largest absolute Gasteiger partial charge is 0.353 e. The number of hydrogen-bond acceptors (Lipinski definition) is 5. The van der Waals surface area contributed by atoms with Gasteiger partial charge in [-0.05, 0) is 43.7 Å². The average molecular weight is 341 g/mol. The van der Waals surface area contributed by atoms with Gasteiger partial charge in [0.25, 0.3) is 5.89 Å². The van der Waals surface area contributed by atoms with Gasteiger partial charge in [-0.1, -0.05) is 5.16 Å². The van der Waals surface area contributed by atoms with Gasteiger partial charge in [0.05, 0.1) is 0 Å². The fraction of sp³-hybridized carbons (Fsp3) is 0.389. The van der Waals surface area contributed by atoms with Crippen LogP contribution in [0.3, 0.4) is 0 Å². The summed E-state index contributed by atoms with van der Waals surface area (Å²) >= 11 is 0. The number of hydrogen-bond donors (Lipinski definition) is 0. The summed E-state index contributed by atoms with van der Waals surface area (Å²) in [5.41, 5.74) is 0.264. The van der Waals surface area contributed by atoms with Crippen molar-refractivity contribution in [3.05, 3.63) is 54.4 Å². The lowest BCUT2D eigenvalue weighted by Gasteiger charge is -2.35. The van der Waals surface area contributed by atoms with E-state index in [2.05, 4.69) is 30.7 Å². The number of likely N-dealkylation sites (tertiary alicyclic amines) is 1. The number of halogens is 1. The minimum Gasteiger partial charge on any atom is -0.353 e. The van der Waals surface area contributed by atoms with Crippen LogP contribution in [0, 0.1) is 0 Å². The first-order valence-electron chi connectivity index (χ1n) is 8.40. The maximum absolute atomic E-state index is 15.6. The molecular weight excluding hydrogens is 321 g/mol. The van der Waals surface area contributed by atoms with Gasteiger partial charge in [0.1, 0.15) is 0 Å². The van der Waals surface area contributed by atoms with Gasteiger partial charge in [-0.3, -0.25) is 9.88 Å². The normalized spacial score (nSPS) is 21.5. The van der Waals surface area contributed by atoms with Gasteiger partial charge in [0, 0.05) is 50.0 Å². The third-order valence-corrected chi connectivity index (χ3v) is 4.69. The summed E-state index contributed by atoms with van der Waals surface area (Å²) in [7, 11) is 2.00. The molecule has 3 aromatic rings. The first kappa shape index (κ1) is 16.0. The Hall–Kier alpha value is -2.54. The summed E-state index contributed by atoms with van der Waals surface area (Å²) in [5.74, 6) is 0.433. The molecule has 0 N–H and O–H groups in total. The Morgan fingerprint density at radius 1 is 1.32 bits per heavy atom. The van der Waals surface area contributed by atoms with Crippen LogP contribution in [0.15, 0.2) is 47.4 Å². The molecule has 0 spiro atoms. The van der Waals surface area contributed by atoms with E-state index in [0.29, 0.717) is 18.8 Å². The molecule has 25 heavy (non-hydrogen) atoms. The molecule has 1 saturated heterocycles. The van der Waals surface area contributed by atoms with E-state index in [1.807, 2.05) is 25.4 Å². The van der Waals surface area contributed by atoms with E-state index in [1.54, 1.807) is 18.5 Å². The minimum atomic E-state index is -1.61. The molecule has 0 aliphatic carbocycles. The van der Waals surface area contributed by atoms with E-state index in [1.165, 1.54) is 0 Å². The monoisotopic (exact) mass is 341 g/mol. The quantitative estimate of drug-likeness (QED) is 0.730. The van der Waals surface area contributed by atoms with Crippen LogP contribution in [0.1, 0.15) is 24.4 Å². The molecule has 130 valence electrons. The second kappa shape index (κ2) is 6.40. The van der Waals surface area contributed by atoms with Gasteiger partial charge in [-0.15, -0.1) is 0 Å². The van der Waals surface area contributed by atoms with Gasteiger partial charge in [-0.25, -0.2) is 4.39 Å². The van der Waals surface area contributed by atoms with Crippen molar-refractivity contribution in [2.75, 3.05) is 13.1 Å². The molecule has 6 nitrogen and oxygen atoms in total. The highest BCUT2D eigenvalue weighted by molar-refractivity contribution is 5.52.